The average Bonchev–Trinajstić information content (AvgIpc) is 2.96. The Morgan fingerprint density at radius 1 is 0.925 bits per heavy atom. The minimum absolute atomic E-state index is 0.000513. The van der Waals surface area contributed by atoms with Gasteiger partial charge in [-0.15, -0.1) is 0 Å². The molecule has 0 saturated carbocycles. The number of rotatable bonds is 7. The van der Waals surface area contributed by atoms with Crippen LogP contribution in [0, 0.1) is 11.3 Å². The minimum Gasteiger partial charge on any atom is -0.504 e. The number of esters is 1. The van der Waals surface area contributed by atoms with Gasteiger partial charge in [-0.3, -0.25) is 0 Å². The number of hydrogen-bond acceptors (Lipinski definition) is 7. The number of halogens is 1. The molecule has 202 valence electrons. The third-order valence-electron chi connectivity index (χ3n) is 6.39. The molecule has 2 N–H and O–H groups in total. The Bertz CT molecular complexity index is 1610. The number of nitrogens with zero attached hydrogens (tertiary/aromatic N) is 1. The summed E-state index contributed by atoms with van der Waals surface area (Å²) in [7, 11) is 2.92. The zero-order chi connectivity index (χ0) is 28.8. The first-order valence-corrected chi connectivity index (χ1v) is 13.0. The van der Waals surface area contributed by atoms with Gasteiger partial charge in [-0.25, -0.2) is 4.79 Å². The summed E-state index contributed by atoms with van der Waals surface area (Å²) in [5, 5.41) is 29.9. The molecule has 0 spiro atoms. The molecular formula is C32H26BrNO6. The molecule has 0 aliphatic carbocycles. The van der Waals surface area contributed by atoms with Crippen molar-refractivity contribution in [2.45, 2.75) is 13.0 Å². The van der Waals surface area contributed by atoms with Crippen LogP contribution in [-0.4, -0.2) is 36.5 Å². The van der Waals surface area contributed by atoms with Gasteiger partial charge in [0, 0.05) is 15.6 Å². The molecule has 1 unspecified atom stereocenters. The molecule has 1 aliphatic rings. The summed E-state index contributed by atoms with van der Waals surface area (Å²) in [5.74, 6) is -0.123. The lowest BCUT2D eigenvalue weighted by molar-refractivity contribution is -0.141. The number of ether oxygens (including phenoxy) is 3. The molecule has 0 saturated heterocycles. The number of phenolic OH excluding ortho intramolecular Hbond substituents is 2. The SMILES string of the molecule is COc1cc(/C=C/C2=C(C#N)C(=O)OC(/C=C/c3ccc(O)c(OC)c3)/C2=C(/C)c2ccc(Br)cc2)ccc1O. The molecule has 3 aromatic carbocycles. The predicted octanol–water partition coefficient (Wildman–Crippen LogP) is 6.82. The van der Waals surface area contributed by atoms with Crippen LogP contribution in [0.2, 0.25) is 0 Å². The summed E-state index contributed by atoms with van der Waals surface area (Å²) in [6, 6.07) is 19.5. The summed E-state index contributed by atoms with van der Waals surface area (Å²) in [6.07, 6.45) is 6.12. The van der Waals surface area contributed by atoms with E-state index in [1.165, 1.54) is 26.4 Å². The largest absolute Gasteiger partial charge is 0.504 e. The normalized spacial score (nSPS) is 16.7. The van der Waals surface area contributed by atoms with Crippen molar-refractivity contribution in [3.8, 4) is 29.1 Å². The third kappa shape index (κ3) is 6.11. The highest BCUT2D eigenvalue weighted by molar-refractivity contribution is 9.10. The number of carbonyl (C=O) groups excluding carboxylic acids is 1. The summed E-state index contributed by atoms with van der Waals surface area (Å²) in [4.78, 5) is 13.0. The maximum Gasteiger partial charge on any atom is 0.350 e. The minimum atomic E-state index is -0.818. The molecule has 1 aliphatic heterocycles. The molecule has 3 aromatic rings. The number of nitriles is 1. The summed E-state index contributed by atoms with van der Waals surface area (Å²) in [5.41, 5.74) is 4.05. The van der Waals surface area contributed by atoms with Gasteiger partial charge < -0.3 is 24.4 Å². The van der Waals surface area contributed by atoms with Crippen molar-refractivity contribution in [2.24, 2.45) is 0 Å². The number of hydrogen-bond donors (Lipinski definition) is 2. The highest BCUT2D eigenvalue weighted by atomic mass is 79.9. The Hall–Kier alpha value is -4.74. The van der Waals surface area contributed by atoms with Crippen molar-refractivity contribution in [3.05, 3.63) is 111 Å². The van der Waals surface area contributed by atoms with Crippen LogP contribution in [0.15, 0.2) is 94.0 Å². The van der Waals surface area contributed by atoms with Crippen molar-refractivity contribution < 1.29 is 29.2 Å². The number of phenols is 2. The van der Waals surface area contributed by atoms with Crippen LogP contribution in [-0.2, 0) is 9.53 Å². The number of benzene rings is 3. The van der Waals surface area contributed by atoms with Crippen molar-refractivity contribution in [3.63, 3.8) is 0 Å². The topological polar surface area (TPSA) is 109 Å². The standard InChI is InChI=1S/C32H26BrNO6/c1-19(22-8-10-23(33)11-9-22)31-24(12-4-20-5-13-26(35)29(16-20)38-2)25(18-34)32(37)40-28(31)15-7-21-6-14-27(36)30(17-21)39-3/h4-17,28,35-36H,1-3H3/b12-4+,15-7+,31-19-. The van der Waals surface area contributed by atoms with E-state index in [-0.39, 0.29) is 17.1 Å². The fourth-order valence-electron chi connectivity index (χ4n) is 4.29. The second-order valence-corrected chi connectivity index (χ2v) is 9.74. The van der Waals surface area contributed by atoms with E-state index in [0.717, 1.165) is 21.2 Å². The molecule has 40 heavy (non-hydrogen) atoms. The number of methoxy groups -OCH3 is 2. The first-order valence-electron chi connectivity index (χ1n) is 12.2. The number of aromatic hydroxyl groups is 2. The van der Waals surface area contributed by atoms with Crippen LogP contribution < -0.4 is 9.47 Å². The van der Waals surface area contributed by atoms with Crippen LogP contribution >= 0.6 is 15.9 Å². The second-order valence-electron chi connectivity index (χ2n) is 8.83. The molecule has 0 fully saturated rings. The van der Waals surface area contributed by atoms with Gasteiger partial charge in [0.15, 0.2) is 23.0 Å². The number of carbonyl (C=O) groups is 1. The molecule has 1 atom stereocenters. The third-order valence-corrected chi connectivity index (χ3v) is 6.92. The zero-order valence-electron chi connectivity index (χ0n) is 22.0. The van der Waals surface area contributed by atoms with Gasteiger partial charge in [0.2, 0.25) is 0 Å². The monoisotopic (exact) mass is 599 g/mol. The Balaban J connectivity index is 1.87. The Labute approximate surface area is 240 Å². The van der Waals surface area contributed by atoms with Gasteiger partial charge in [0.25, 0.3) is 0 Å². The predicted molar refractivity (Wildman–Crippen MR) is 157 cm³/mol. The van der Waals surface area contributed by atoms with Gasteiger partial charge in [-0.05, 0) is 71.7 Å². The molecule has 1 heterocycles. The van der Waals surface area contributed by atoms with Crippen molar-refractivity contribution in [1.82, 2.24) is 0 Å². The first-order chi connectivity index (χ1) is 19.2. The zero-order valence-corrected chi connectivity index (χ0v) is 23.6. The van der Waals surface area contributed by atoms with Crippen molar-refractivity contribution >= 4 is 39.6 Å². The van der Waals surface area contributed by atoms with Gasteiger partial charge in [0.1, 0.15) is 17.7 Å². The molecule has 4 rings (SSSR count). The first kappa shape index (κ1) is 28.3. The molecule has 0 amide bonds. The highest BCUT2D eigenvalue weighted by Gasteiger charge is 2.32. The smallest absolute Gasteiger partial charge is 0.350 e. The average molecular weight is 600 g/mol. The van der Waals surface area contributed by atoms with Crippen LogP contribution in [0.1, 0.15) is 23.6 Å². The quantitative estimate of drug-likeness (QED) is 0.287. The van der Waals surface area contributed by atoms with E-state index in [1.54, 1.807) is 48.6 Å². The van der Waals surface area contributed by atoms with Gasteiger partial charge in [-0.2, -0.15) is 5.26 Å². The molecule has 0 aromatic heterocycles. The van der Waals surface area contributed by atoms with E-state index in [4.69, 9.17) is 14.2 Å². The summed E-state index contributed by atoms with van der Waals surface area (Å²) >= 11 is 3.46. The molecule has 7 nitrogen and oxygen atoms in total. The summed E-state index contributed by atoms with van der Waals surface area (Å²) in [6.45, 7) is 1.91. The number of cyclic esters (lactones) is 1. The number of allylic oxidation sites excluding steroid dienone is 2. The second kappa shape index (κ2) is 12.4. The van der Waals surface area contributed by atoms with E-state index >= 15 is 0 Å². The molecule has 0 radical (unpaired) electrons. The van der Waals surface area contributed by atoms with Crippen LogP contribution in [0.25, 0.3) is 17.7 Å². The maximum absolute atomic E-state index is 13.0. The van der Waals surface area contributed by atoms with Gasteiger partial charge in [-0.1, -0.05) is 58.4 Å². The molecule has 0 bridgehead atoms. The fourth-order valence-corrected chi connectivity index (χ4v) is 4.55. The fraction of sp³-hybridized carbons (Fsp3) is 0.125. The van der Waals surface area contributed by atoms with Gasteiger partial charge in [0.05, 0.1) is 14.2 Å². The lowest BCUT2D eigenvalue weighted by atomic mass is 9.86. The van der Waals surface area contributed by atoms with E-state index in [2.05, 4.69) is 15.9 Å². The lowest BCUT2D eigenvalue weighted by Gasteiger charge is -2.27. The van der Waals surface area contributed by atoms with E-state index in [9.17, 15) is 20.3 Å². The van der Waals surface area contributed by atoms with Gasteiger partial charge >= 0.3 is 5.97 Å². The van der Waals surface area contributed by atoms with Crippen molar-refractivity contribution in [1.29, 1.82) is 5.26 Å². The highest BCUT2D eigenvalue weighted by Crippen LogP contribution is 2.37. The van der Waals surface area contributed by atoms with E-state index in [0.29, 0.717) is 28.2 Å². The van der Waals surface area contributed by atoms with Crippen LogP contribution in [0.3, 0.4) is 0 Å². The van der Waals surface area contributed by atoms with E-state index in [1.807, 2.05) is 37.3 Å². The van der Waals surface area contributed by atoms with Crippen LogP contribution in [0.5, 0.6) is 23.0 Å². The van der Waals surface area contributed by atoms with E-state index < -0.39 is 12.1 Å². The summed E-state index contributed by atoms with van der Waals surface area (Å²) < 4.78 is 17.1. The Morgan fingerprint density at radius 3 is 2.05 bits per heavy atom. The van der Waals surface area contributed by atoms with Crippen molar-refractivity contribution in [2.75, 3.05) is 14.2 Å². The Kier molecular flexibility index (Phi) is 8.77. The lowest BCUT2D eigenvalue weighted by Crippen LogP contribution is -2.27. The Morgan fingerprint density at radius 2 is 1.50 bits per heavy atom. The molecular weight excluding hydrogens is 574 g/mol. The van der Waals surface area contributed by atoms with Crippen LogP contribution in [0.4, 0.5) is 0 Å². The maximum atomic E-state index is 13.0. The molecule has 8 heteroatoms.